The number of rotatable bonds is 6. The number of non-ortho nitro benzene ring substituents is 1. The molecule has 0 saturated carbocycles. The van der Waals surface area contributed by atoms with E-state index >= 15 is 0 Å². The minimum Gasteiger partial charge on any atom is -0.452 e. The number of nitrogens with zero attached hydrogens (tertiary/aromatic N) is 1. The summed E-state index contributed by atoms with van der Waals surface area (Å²) in [6.07, 6.45) is 0. The van der Waals surface area contributed by atoms with Crippen LogP contribution in [0.2, 0.25) is 0 Å². The Morgan fingerprint density at radius 1 is 1.19 bits per heavy atom. The molecule has 0 aliphatic heterocycles. The number of nitrogens with one attached hydrogen (secondary N) is 2. The quantitative estimate of drug-likeness (QED) is 0.463. The summed E-state index contributed by atoms with van der Waals surface area (Å²) in [5.41, 5.74) is -0.915. The number of hydrogen-bond acceptors (Lipinski definition) is 6. The number of carbonyl (C=O) groups excluding carboxylic acids is 2. The van der Waals surface area contributed by atoms with Gasteiger partial charge in [0, 0.05) is 24.9 Å². The fraction of sp³-hybridized carbons (Fsp3) is 0.125. The number of carbonyl (C=O) groups is 2. The molecule has 2 N–H and O–H groups in total. The van der Waals surface area contributed by atoms with Gasteiger partial charge >= 0.3 is 5.97 Å². The number of halogens is 2. The summed E-state index contributed by atoms with van der Waals surface area (Å²) in [7, 11) is 1.49. The Kier molecular flexibility index (Phi) is 5.78. The molecule has 0 fully saturated rings. The van der Waals surface area contributed by atoms with E-state index in [4.69, 9.17) is 4.74 Å². The first-order chi connectivity index (χ1) is 12.3. The largest absolute Gasteiger partial charge is 0.452 e. The molecular weight excluding hydrogens is 352 g/mol. The van der Waals surface area contributed by atoms with E-state index in [1.807, 2.05) is 5.32 Å². The second kappa shape index (κ2) is 8.01. The van der Waals surface area contributed by atoms with Crippen LogP contribution in [0.15, 0.2) is 36.4 Å². The van der Waals surface area contributed by atoms with Crippen LogP contribution in [0.3, 0.4) is 0 Å². The van der Waals surface area contributed by atoms with Crippen molar-refractivity contribution in [1.82, 2.24) is 0 Å². The summed E-state index contributed by atoms with van der Waals surface area (Å²) in [6, 6.07) is 6.52. The lowest BCUT2D eigenvalue weighted by molar-refractivity contribution is -0.384. The monoisotopic (exact) mass is 365 g/mol. The molecule has 0 heterocycles. The molecule has 26 heavy (non-hydrogen) atoms. The van der Waals surface area contributed by atoms with E-state index in [-0.39, 0.29) is 16.9 Å². The van der Waals surface area contributed by atoms with Crippen LogP contribution in [-0.2, 0) is 9.53 Å². The average molecular weight is 365 g/mol. The van der Waals surface area contributed by atoms with Crippen LogP contribution in [0.1, 0.15) is 10.4 Å². The summed E-state index contributed by atoms with van der Waals surface area (Å²) in [6.45, 7) is -0.835. The Hall–Kier alpha value is -3.56. The van der Waals surface area contributed by atoms with Crippen molar-refractivity contribution in [2.24, 2.45) is 0 Å². The summed E-state index contributed by atoms with van der Waals surface area (Å²) in [5.74, 6) is -3.96. The topological polar surface area (TPSA) is 111 Å². The van der Waals surface area contributed by atoms with Gasteiger partial charge in [0.1, 0.15) is 17.3 Å². The van der Waals surface area contributed by atoms with Gasteiger partial charge in [0.05, 0.1) is 10.5 Å². The highest BCUT2D eigenvalue weighted by molar-refractivity contribution is 5.99. The molecule has 0 spiro atoms. The zero-order chi connectivity index (χ0) is 19.3. The Bertz CT molecular complexity index is 853. The van der Waals surface area contributed by atoms with Gasteiger partial charge in [-0.15, -0.1) is 0 Å². The van der Waals surface area contributed by atoms with Gasteiger partial charge in [-0.1, -0.05) is 6.07 Å². The summed E-state index contributed by atoms with van der Waals surface area (Å²) < 4.78 is 31.7. The third kappa shape index (κ3) is 4.29. The predicted octanol–water partition coefficient (Wildman–Crippen LogP) is 2.71. The molecule has 0 radical (unpaired) electrons. The average Bonchev–Trinajstić information content (AvgIpc) is 2.62. The Labute approximate surface area is 145 Å². The molecular formula is C16H13F2N3O5. The second-order valence-electron chi connectivity index (χ2n) is 4.96. The highest BCUT2D eigenvalue weighted by atomic mass is 19.1. The van der Waals surface area contributed by atoms with Crippen molar-refractivity contribution in [3.63, 3.8) is 0 Å². The molecule has 2 aromatic rings. The Balaban J connectivity index is 2.07. The number of para-hydroxylation sites is 1. The van der Waals surface area contributed by atoms with Crippen LogP contribution >= 0.6 is 0 Å². The molecule has 0 atom stereocenters. The zero-order valence-electron chi connectivity index (χ0n) is 13.4. The van der Waals surface area contributed by atoms with Crippen LogP contribution in [-0.4, -0.2) is 30.5 Å². The Morgan fingerprint density at radius 2 is 1.85 bits per heavy atom. The predicted molar refractivity (Wildman–Crippen MR) is 87.9 cm³/mol. The van der Waals surface area contributed by atoms with Gasteiger partial charge in [0.15, 0.2) is 6.61 Å². The maximum atomic E-state index is 13.5. The molecule has 0 bridgehead atoms. The third-order valence-corrected chi connectivity index (χ3v) is 3.26. The van der Waals surface area contributed by atoms with Crippen LogP contribution in [0.5, 0.6) is 0 Å². The van der Waals surface area contributed by atoms with Gasteiger partial charge in [-0.2, -0.15) is 0 Å². The molecule has 10 heteroatoms. The maximum absolute atomic E-state index is 13.5. The van der Waals surface area contributed by atoms with Gasteiger partial charge in [0.2, 0.25) is 0 Å². The van der Waals surface area contributed by atoms with Crippen molar-refractivity contribution >= 4 is 28.9 Å². The van der Waals surface area contributed by atoms with Gasteiger partial charge in [-0.25, -0.2) is 13.6 Å². The van der Waals surface area contributed by atoms with Gasteiger partial charge in [-0.05, 0) is 18.2 Å². The number of hydrogen-bond donors (Lipinski definition) is 2. The van der Waals surface area contributed by atoms with Crippen LogP contribution in [0, 0.1) is 21.7 Å². The molecule has 0 saturated heterocycles. The first-order valence-electron chi connectivity index (χ1n) is 7.20. The lowest BCUT2D eigenvalue weighted by Crippen LogP contribution is -2.22. The number of nitro groups is 1. The molecule has 0 aliphatic carbocycles. The molecule has 136 valence electrons. The van der Waals surface area contributed by atoms with E-state index in [0.29, 0.717) is 0 Å². The minimum absolute atomic E-state index is 0.161. The van der Waals surface area contributed by atoms with Crippen molar-refractivity contribution < 1.29 is 28.0 Å². The van der Waals surface area contributed by atoms with Crippen molar-refractivity contribution in [1.29, 1.82) is 0 Å². The standard InChI is InChI=1S/C16H13F2N3O5/c1-19-13-6-5-9(21(24)25)7-10(13)16(23)26-8-14(22)20-15-11(17)3-2-4-12(15)18/h2-7,19H,8H2,1H3,(H,20,22). The van der Waals surface area contributed by atoms with Gasteiger partial charge in [0.25, 0.3) is 11.6 Å². The normalized spacial score (nSPS) is 10.1. The lowest BCUT2D eigenvalue weighted by atomic mass is 10.1. The number of benzene rings is 2. The maximum Gasteiger partial charge on any atom is 0.341 e. The first kappa shape index (κ1) is 18.8. The Morgan fingerprint density at radius 3 is 2.42 bits per heavy atom. The molecule has 1 amide bonds. The van der Waals surface area contributed by atoms with E-state index in [2.05, 4.69) is 5.32 Å². The van der Waals surface area contributed by atoms with E-state index in [0.717, 1.165) is 24.3 Å². The molecule has 8 nitrogen and oxygen atoms in total. The highest BCUT2D eigenvalue weighted by Gasteiger charge is 2.19. The zero-order valence-corrected chi connectivity index (χ0v) is 13.4. The number of anilines is 2. The fourth-order valence-electron chi connectivity index (χ4n) is 2.03. The van der Waals surface area contributed by atoms with Gasteiger partial charge < -0.3 is 15.4 Å². The molecule has 0 aliphatic rings. The number of nitro benzene ring substituents is 1. The van der Waals surface area contributed by atoms with Crippen LogP contribution in [0.25, 0.3) is 0 Å². The van der Waals surface area contributed by atoms with E-state index in [1.54, 1.807) is 0 Å². The first-order valence-corrected chi connectivity index (χ1v) is 7.20. The summed E-state index contributed by atoms with van der Waals surface area (Å²) >= 11 is 0. The molecule has 2 aromatic carbocycles. The highest BCUT2D eigenvalue weighted by Crippen LogP contribution is 2.23. The molecule has 2 rings (SSSR count). The van der Waals surface area contributed by atoms with Crippen LogP contribution < -0.4 is 10.6 Å². The van der Waals surface area contributed by atoms with E-state index in [1.165, 1.54) is 19.2 Å². The number of esters is 1. The minimum atomic E-state index is -1.01. The van der Waals surface area contributed by atoms with Crippen molar-refractivity contribution in [2.45, 2.75) is 0 Å². The number of amides is 1. The van der Waals surface area contributed by atoms with Crippen molar-refractivity contribution in [3.8, 4) is 0 Å². The summed E-state index contributed by atoms with van der Waals surface area (Å²) in [5, 5.41) is 15.4. The third-order valence-electron chi connectivity index (χ3n) is 3.26. The second-order valence-corrected chi connectivity index (χ2v) is 4.96. The number of ether oxygens (including phenoxy) is 1. The van der Waals surface area contributed by atoms with E-state index in [9.17, 15) is 28.5 Å². The lowest BCUT2D eigenvalue weighted by Gasteiger charge is -2.10. The SMILES string of the molecule is CNc1ccc([N+](=O)[O-])cc1C(=O)OCC(=O)Nc1c(F)cccc1F. The summed E-state index contributed by atoms with van der Waals surface area (Å²) in [4.78, 5) is 33.9. The van der Waals surface area contributed by atoms with E-state index < -0.39 is 40.7 Å². The van der Waals surface area contributed by atoms with Crippen molar-refractivity contribution in [3.05, 3.63) is 63.7 Å². The fourth-order valence-corrected chi connectivity index (χ4v) is 2.03. The van der Waals surface area contributed by atoms with Crippen molar-refractivity contribution in [2.75, 3.05) is 24.3 Å². The smallest absolute Gasteiger partial charge is 0.341 e. The molecule has 0 unspecified atom stereocenters. The molecule has 0 aromatic heterocycles. The van der Waals surface area contributed by atoms with Crippen LogP contribution in [0.4, 0.5) is 25.8 Å². The van der Waals surface area contributed by atoms with Gasteiger partial charge in [-0.3, -0.25) is 14.9 Å².